The Morgan fingerprint density at radius 3 is 2.45 bits per heavy atom. The summed E-state index contributed by atoms with van der Waals surface area (Å²) in [5.41, 5.74) is 0. The van der Waals surface area contributed by atoms with Crippen molar-refractivity contribution in [1.82, 2.24) is 15.0 Å². The van der Waals surface area contributed by atoms with E-state index in [0.29, 0.717) is 30.6 Å². The second-order valence-electron chi connectivity index (χ2n) is 4.64. The average molecular weight is 281 g/mol. The van der Waals surface area contributed by atoms with E-state index in [4.69, 9.17) is 4.74 Å². The lowest BCUT2D eigenvalue weighted by Crippen LogP contribution is -2.34. The Kier molecular flexibility index (Phi) is 7.04. The van der Waals surface area contributed by atoms with Crippen LogP contribution < -0.4 is 15.0 Å². The molecule has 1 unspecified atom stereocenters. The number of nitrogens with one attached hydrogen (secondary N) is 1. The molecule has 0 aliphatic carbocycles. The molecule has 1 N–H and O–H groups in total. The number of ether oxygens (including phenoxy) is 1. The van der Waals surface area contributed by atoms with E-state index in [1.165, 1.54) is 0 Å². The molecule has 1 aromatic rings. The van der Waals surface area contributed by atoms with Gasteiger partial charge in [-0.2, -0.15) is 15.0 Å². The Hall–Kier alpha value is -1.59. The maximum Gasteiger partial charge on any atom is 0.323 e. The van der Waals surface area contributed by atoms with Crippen LogP contribution in [0.2, 0.25) is 0 Å². The number of rotatable bonds is 9. The predicted molar refractivity (Wildman–Crippen MR) is 82.5 cm³/mol. The van der Waals surface area contributed by atoms with Crippen LogP contribution >= 0.6 is 0 Å². The van der Waals surface area contributed by atoms with Crippen LogP contribution in [0.4, 0.5) is 11.9 Å². The van der Waals surface area contributed by atoms with Crippen molar-refractivity contribution in [2.75, 3.05) is 29.9 Å². The van der Waals surface area contributed by atoms with Crippen LogP contribution in [0.25, 0.3) is 0 Å². The molecule has 6 heteroatoms. The predicted octanol–water partition coefficient (Wildman–Crippen LogP) is 2.72. The van der Waals surface area contributed by atoms with E-state index in [2.05, 4.69) is 52.9 Å². The summed E-state index contributed by atoms with van der Waals surface area (Å²) in [5, 5.41) is 3.20. The van der Waals surface area contributed by atoms with Gasteiger partial charge in [-0.15, -0.1) is 0 Å². The summed E-state index contributed by atoms with van der Waals surface area (Å²) < 4.78 is 5.45. The van der Waals surface area contributed by atoms with Gasteiger partial charge in [0.05, 0.1) is 6.61 Å². The number of anilines is 2. The Bertz CT molecular complexity index is 399. The number of hydrogen-bond donors (Lipinski definition) is 1. The Morgan fingerprint density at radius 1 is 1.15 bits per heavy atom. The summed E-state index contributed by atoms with van der Waals surface area (Å²) in [6.45, 7) is 12.7. The van der Waals surface area contributed by atoms with Crippen molar-refractivity contribution >= 4 is 11.9 Å². The molecule has 114 valence electrons. The van der Waals surface area contributed by atoms with Crippen molar-refractivity contribution < 1.29 is 4.74 Å². The molecule has 0 aromatic carbocycles. The molecule has 1 aromatic heterocycles. The van der Waals surface area contributed by atoms with Crippen LogP contribution in [0.3, 0.4) is 0 Å². The molecule has 6 nitrogen and oxygen atoms in total. The largest absolute Gasteiger partial charge is 0.464 e. The first kappa shape index (κ1) is 16.5. The molecule has 1 rings (SSSR count). The van der Waals surface area contributed by atoms with Gasteiger partial charge in [0.25, 0.3) is 0 Å². The second kappa shape index (κ2) is 8.55. The molecule has 0 saturated heterocycles. The quantitative estimate of drug-likeness (QED) is 0.751. The van der Waals surface area contributed by atoms with Gasteiger partial charge in [-0.3, -0.25) is 0 Å². The van der Waals surface area contributed by atoms with E-state index in [9.17, 15) is 0 Å². The van der Waals surface area contributed by atoms with Gasteiger partial charge in [-0.1, -0.05) is 13.8 Å². The zero-order chi connectivity index (χ0) is 15.0. The molecular weight excluding hydrogens is 254 g/mol. The molecule has 0 fully saturated rings. The molecule has 1 atom stereocenters. The summed E-state index contributed by atoms with van der Waals surface area (Å²) in [7, 11) is 0. The lowest BCUT2D eigenvalue weighted by Gasteiger charge is -2.27. The molecule has 0 bridgehead atoms. The summed E-state index contributed by atoms with van der Waals surface area (Å²) in [6, 6.07) is 0.772. The van der Waals surface area contributed by atoms with Gasteiger partial charge in [0.1, 0.15) is 0 Å². The molecular formula is C14H27N5O. The van der Waals surface area contributed by atoms with Gasteiger partial charge in [0.15, 0.2) is 0 Å². The fraction of sp³-hybridized carbons (Fsp3) is 0.786. The maximum atomic E-state index is 5.45. The highest BCUT2D eigenvalue weighted by atomic mass is 16.5. The minimum atomic E-state index is 0.385. The molecule has 20 heavy (non-hydrogen) atoms. The van der Waals surface area contributed by atoms with E-state index in [0.717, 1.165) is 25.9 Å². The number of hydrogen-bond acceptors (Lipinski definition) is 6. The molecule has 0 amide bonds. The summed E-state index contributed by atoms with van der Waals surface area (Å²) in [4.78, 5) is 15.4. The summed E-state index contributed by atoms with van der Waals surface area (Å²) in [6.07, 6.45) is 2.06. The zero-order valence-electron chi connectivity index (χ0n) is 13.3. The lowest BCUT2D eigenvalue weighted by atomic mass is 10.2. The Labute approximate surface area is 122 Å². The highest BCUT2D eigenvalue weighted by Crippen LogP contribution is 2.18. The van der Waals surface area contributed by atoms with E-state index in [1.54, 1.807) is 0 Å². The monoisotopic (exact) mass is 281 g/mol. The molecule has 0 saturated carbocycles. The highest BCUT2D eigenvalue weighted by molar-refractivity contribution is 5.39. The van der Waals surface area contributed by atoms with Crippen molar-refractivity contribution in [3.05, 3.63) is 0 Å². The minimum Gasteiger partial charge on any atom is -0.464 e. The van der Waals surface area contributed by atoms with Crippen molar-refractivity contribution in [3.8, 4) is 6.01 Å². The second-order valence-corrected chi connectivity index (χ2v) is 4.64. The van der Waals surface area contributed by atoms with Crippen LogP contribution in [0.15, 0.2) is 0 Å². The molecule has 1 heterocycles. The van der Waals surface area contributed by atoms with E-state index >= 15 is 0 Å². The zero-order valence-corrected chi connectivity index (χ0v) is 13.3. The highest BCUT2D eigenvalue weighted by Gasteiger charge is 2.17. The third-order valence-corrected chi connectivity index (χ3v) is 3.13. The van der Waals surface area contributed by atoms with Gasteiger partial charge >= 0.3 is 6.01 Å². The smallest absolute Gasteiger partial charge is 0.323 e. The first-order valence-electron chi connectivity index (χ1n) is 7.55. The van der Waals surface area contributed by atoms with Crippen molar-refractivity contribution in [2.24, 2.45) is 0 Å². The van der Waals surface area contributed by atoms with Crippen molar-refractivity contribution in [1.29, 1.82) is 0 Å². The van der Waals surface area contributed by atoms with E-state index in [1.807, 2.05) is 6.92 Å². The molecule has 0 spiro atoms. The van der Waals surface area contributed by atoms with Crippen LogP contribution in [0, 0.1) is 0 Å². The summed E-state index contributed by atoms with van der Waals surface area (Å²) in [5.74, 6) is 1.26. The molecule has 0 aliphatic rings. The number of nitrogens with zero attached hydrogens (tertiary/aromatic N) is 4. The first-order valence-corrected chi connectivity index (χ1v) is 7.55. The van der Waals surface area contributed by atoms with Gasteiger partial charge < -0.3 is 15.0 Å². The third-order valence-electron chi connectivity index (χ3n) is 3.13. The average Bonchev–Trinajstić information content (AvgIpc) is 2.46. The van der Waals surface area contributed by atoms with Gasteiger partial charge in [-0.25, -0.2) is 0 Å². The maximum absolute atomic E-state index is 5.45. The Morgan fingerprint density at radius 2 is 1.90 bits per heavy atom. The standard InChI is InChI=1S/C14H27N5O/c1-6-10-15-12-16-13(18-14(17-12)20-9-4)19(8-3)11(5)7-2/h11H,6-10H2,1-5H3,(H,15,16,17,18). The van der Waals surface area contributed by atoms with Gasteiger partial charge in [0.2, 0.25) is 11.9 Å². The van der Waals surface area contributed by atoms with E-state index in [-0.39, 0.29) is 0 Å². The normalized spacial score (nSPS) is 12.1. The van der Waals surface area contributed by atoms with E-state index < -0.39 is 0 Å². The van der Waals surface area contributed by atoms with Crippen LogP contribution in [0.1, 0.15) is 47.5 Å². The minimum absolute atomic E-state index is 0.385. The topological polar surface area (TPSA) is 63.2 Å². The fourth-order valence-corrected chi connectivity index (χ4v) is 1.85. The number of aromatic nitrogens is 3. The van der Waals surface area contributed by atoms with Crippen molar-refractivity contribution in [3.63, 3.8) is 0 Å². The molecule has 0 aliphatic heterocycles. The summed E-state index contributed by atoms with van der Waals surface area (Å²) >= 11 is 0. The third kappa shape index (κ3) is 4.51. The van der Waals surface area contributed by atoms with Gasteiger partial charge in [0, 0.05) is 19.1 Å². The Balaban J connectivity index is 3.05. The van der Waals surface area contributed by atoms with Crippen LogP contribution in [0.5, 0.6) is 6.01 Å². The van der Waals surface area contributed by atoms with Crippen LogP contribution in [-0.2, 0) is 0 Å². The SMILES string of the molecule is CCCNc1nc(OCC)nc(N(CC)C(C)CC)n1. The molecule has 0 radical (unpaired) electrons. The first-order chi connectivity index (χ1) is 9.65. The van der Waals surface area contributed by atoms with Crippen LogP contribution in [-0.4, -0.2) is 40.7 Å². The van der Waals surface area contributed by atoms with Gasteiger partial charge in [-0.05, 0) is 33.6 Å². The fourth-order valence-electron chi connectivity index (χ4n) is 1.85. The van der Waals surface area contributed by atoms with Crippen molar-refractivity contribution in [2.45, 2.75) is 53.5 Å². The lowest BCUT2D eigenvalue weighted by molar-refractivity contribution is 0.311.